The fourth-order valence-electron chi connectivity index (χ4n) is 3.11. The van der Waals surface area contributed by atoms with Crippen molar-refractivity contribution in [2.45, 2.75) is 122 Å². The molecule has 0 fully saturated rings. The summed E-state index contributed by atoms with van der Waals surface area (Å²) in [5, 5.41) is 18.9. The average molecular weight is 315 g/mol. The Morgan fingerprint density at radius 1 is 0.591 bits per heavy atom. The second-order valence-corrected chi connectivity index (χ2v) is 7.32. The molecule has 0 saturated heterocycles. The summed E-state index contributed by atoms with van der Waals surface area (Å²) < 4.78 is 0. The molecule has 0 saturated carbocycles. The van der Waals surface area contributed by atoms with Crippen LogP contribution in [0.15, 0.2) is 0 Å². The van der Waals surface area contributed by atoms with Crippen molar-refractivity contribution in [3.63, 3.8) is 0 Å². The van der Waals surface area contributed by atoms with Crippen LogP contribution in [0.25, 0.3) is 0 Å². The zero-order valence-electron chi connectivity index (χ0n) is 15.4. The van der Waals surface area contributed by atoms with Crippen molar-refractivity contribution >= 4 is 0 Å². The van der Waals surface area contributed by atoms with E-state index in [-0.39, 0.29) is 6.61 Å². The second kappa shape index (κ2) is 15.8. The molecule has 134 valence electrons. The van der Waals surface area contributed by atoms with E-state index in [9.17, 15) is 5.11 Å². The van der Waals surface area contributed by atoms with Crippen LogP contribution in [0.3, 0.4) is 0 Å². The van der Waals surface area contributed by atoms with E-state index in [0.29, 0.717) is 6.42 Å². The number of aliphatic hydroxyl groups is 2. The van der Waals surface area contributed by atoms with E-state index in [1.165, 1.54) is 77.0 Å². The van der Waals surface area contributed by atoms with Crippen LogP contribution >= 0.6 is 0 Å². The van der Waals surface area contributed by atoms with Gasteiger partial charge >= 0.3 is 0 Å². The van der Waals surface area contributed by atoms with Gasteiger partial charge in [0.25, 0.3) is 0 Å². The lowest BCUT2D eigenvalue weighted by Crippen LogP contribution is -2.24. The molecular weight excluding hydrogens is 272 g/mol. The number of hydrogen-bond donors (Lipinski definition) is 2. The minimum absolute atomic E-state index is 0.189. The Bertz CT molecular complexity index is 214. The molecule has 0 heterocycles. The molecule has 0 aliphatic rings. The Kier molecular flexibility index (Phi) is 15.7. The lowest BCUT2D eigenvalue weighted by Gasteiger charge is -2.22. The molecule has 22 heavy (non-hydrogen) atoms. The third-order valence-electron chi connectivity index (χ3n) is 4.69. The summed E-state index contributed by atoms with van der Waals surface area (Å²) in [7, 11) is 0. The van der Waals surface area contributed by atoms with Crippen LogP contribution in [0, 0.1) is 0 Å². The monoisotopic (exact) mass is 314 g/mol. The Labute approximate surface area is 139 Å². The molecule has 0 aromatic carbocycles. The third-order valence-corrected chi connectivity index (χ3v) is 4.69. The van der Waals surface area contributed by atoms with E-state index < -0.39 is 5.60 Å². The summed E-state index contributed by atoms with van der Waals surface area (Å²) in [6, 6.07) is 0. The van der Waals surface area contributed by atoms with Crippen molar-refractivity contribution in [2.24, 2.45) is 0 Å². The van der Waals surface area contributed by atoms with Gasteiger partial charge < -0.3 is 10.2 Å². The minimum Gasteiger partial charge on any atom is -0.396 e. The molecule has 2 nitrogen and oxygen atoms in total. The maximum absolute atomic E-state index is 10.1. The van der Waals surface area contributed by atoms with Crippen LogP contribution in [0.1, 0.15) is 117 Å². The highest BCUT2D eigenvalue weighted by atomic mass is 16.3. The molecule has 0 rings (SSSR count). The van der Waals surface area contributed by atoms with Crippen molar-refractivity contribution in [3.05, 3.63) is 0 Å². The largest absolute Gasteiger partial charge is 0.396 e. The highest BCUT2D eigenvalue weighted by molar-refractivity contribution is 4.72. The van der Waals surface area contributed by atoms with Crippen LogP contribution in [0.4, 0.5) is 0 Å². The minimum atomic E-state index is -0.569. The van der Waals surface area contributed by atoms with Gasteiger partial charge in [-0.25, -0.2) is 0 Å². The van der Waals surface area contributed by atoms with Gasteiger partial charge in [-0.05, 0) is 26.2 Å². The molecule has 0 spiro atoms. The van der Waals surface area contributed by atoms with Crippen LogP contribution in [-0.4, -0.2) is 22.4 Å². The van der Waals surface area contributed by atoms with Crippen molar-refractivity contribution in [1.82, 2.24) is 0 Å². The van der Waals surface area contributed by atoms with Crippen LogP contribution in [0.2, 0.25) is 0 Å². The predicted molar refractivity (Wildman–Crippen MR) is 97.3 cm³/mol. The first-order valence-corrected chi connectivity index (χ1v) is 9.95. The molecule has 0 aliphatic heterocycles. The summed E-state index contributed by atoms with van der Waals surface area (Å²) in [4.78, 5) is 0. The molecule has 1 atom stereocenters. The standard InChI is InChI=1S/C20H42O2/c1-3-4-5-6-7-8-9-10-11-12-13-14-15-17-20(2,22)18-16-19-21/h21-22H,3-19H2,1-2H3. The first kappa shape index (κ1) is 21.9. The van der Waals surface area contributed by atoms with Gasteiger partial charge in [-0.1, -0.05) is 90.4 Å². The van der Waals surface area contributed by atoms with Crippen molar-refractivity contribution < 1.29 is 10.2 Å². The second-order valence-electron chi connectivity index (χ2n) is 7.32. The molecule has 2 heteroatoms. The quantitative estimate of drug-likeness (QED) is 0.324. The molecule has 0 amide bonds. The highest BCUT2D eigenvalue weighted by Gasteiger charge is 2.18. The third kappa shape index (κ3) is 16.3. The van der Waals surface area contributed by atoms with E-state index in [1.807, 2.05) is 6.92 Å². The lowest BCUT2D eigenvalue weighted by molar-refractivity contribution is 0.0326. The summed E-state index contributed by atoms with van der Waals surface area (Å²) >= 11 is 0. The fourth-order valence-corrected chi connectivity index (χ4v) is 3.11. The van der Waals surface area contributed by atoms with Gasteiger partial charge in [0.1, 0.15) is 0 Å². The van der Waals surface area contributed by atoms with Gasteiger partial charge in [0.2, 0.25) is 0 Å². The lowest BCUT2D eigenvalue weighted by atomic mass is 9.93. The molecule has 1 unspecified atom stereocenters. The molecule has 0 aromatic rings. The van der Waals surface area contributed by atoms with Gasteiger partial charge in [-0.3, -0.25) is 0 Å². The molecule has 0 bridgehead atoms. The smallest absolute Gasteiger partial charge is 0.0620 e. The van der Waals surface area contributed by atoms with Crippen LogP contribution < -0.4 is 0 Å². The zero-order chi connectivity index (χ0) is 16.5. The number of rotatable bonds is 17. The van der Waals surface area contributed by atoms with Crippen LogP contribution in [0.5, 0.6) is 0 Å². The maximum Gasteiger partial charge on any atom is 0.0620 e. The van der Waals surface area contributed by atoms with E-state index in [0.717, 1.165) is 19.3 Å². The SMILES string of the molecule is CCCCCCCCCCCCCCCC(C)(O)CCCO. The Hall–Kier alpha value is -0.0800. The van der Waals surface area contributed by atoms with E-state index >= 15 is 0 Å². The Balaban J connectivity index is 3.17. The molecule has 0 radical (unpaired) electrons. The summed E-state index contributed by atoms with van der Waals surface area (Å²) in [6.45, 7) is 4.37. The molecular formula is C20H42O2. The van der Waals surface area contributed by atoms with Gasteiger partial charge in [-0.15, -0.1) is 0 Å². The summed E-state index contributed by atoms with van der Waals surface area (Å²) in [5.74, 6) is 0. The van der Waals surface area contributed by atoms with Gasteiger partial charge in [-0.2, -0.15) is 0 Å². The van der Waals surface area contributed by atoms with Gasteiger partial charge in [0, 0.05) is 6.61 Å². The highest BCUT2D eigenvalue weighted by Crippen LogP contribution is 2.21. The van der Waals surface area contributed by atoms with Crippen LogP contribution in [-0.2, 0) is 0 Å². The summed E-state index contributed by atoms with van der Waals surface area (Å²) in [6.07, 6.45) is 20.0. The zero-order valence-corrected chi connectivity index (χ0v) is 15.4. The van der Waals surface area contributed by atoms with E-state index in [2.05, 4.69) is 6.92 Å². The van der Waals surface area contributed by atoms with E-state index in [4.69, 9.17) is 5.11 Å². The first-order valence-electron chi connectivity index (χ1n) is 9.95. The fraction of sp³-hybridized carbons (Fsp3) is 1.00. The maximum atomic E-state index is 10.1. The number of hydrogen-bond acceptors (Lipinski definition) is 2. The number of aliphatic hydroxyl groups excluding tert-OH is 1. The first-order chi connectivity index (χ1) is 10.6. The van der Waals surface area contributed by atoms with Crippen molar-refractivity contribution in [3.8, 4) is 0 Å². The van der Waals surface area contributed by atoms with Crippen molar-refractivity contribution in [1.29, 1.82) is 0 Å². The van der Waals surface area contributed by atoms with E-state index in [1.54, 1.807) is 0 Å². The molecule has 2 N–H and O–H groups in total. The topological polar surface area (TPSA) is 40.5 Å². The normalized spacial score (nSPS) is 14.2. The Morgan fingerprint density at radius 2 is 0.955 bits per heavy atom. The predicted octanol–water partition coefficient (Wildman–Crippen LogP) is 5.99. The van der Waals surface area contributed by atoms with Crippen molar-refractivity contribution in [2.75, 3.05) is 6.61 Å². The summed E-state index contributed by atoms with van der Waals surface area (Å²) in [5.41, 5.74) is -0.569. The van der Waals surface area contributed by atoms with Gasteiger partial charge in [0.05, 0.1) is 5.60 Å². The average Bonchev–Trinajstić information content (AvgIpc) is 2.50. The molecule has 0 aliphatic carbocycles. The van der Waals surface area contributed by atoms with Gasteiger partial charge in [0.15, 0.2) is 0 Å². The molecule has 0 aromatic heterocycles. The number of unbranched alkanes of at least 4 members (excludes halogenated alkanes) is 12. The Morgan fingerprint density at radius 3 is 1.36 bits per heavy atom.